The second-order valence-corrected chi connectivity index (χ2v) is 7.77. The molecule has 0 spiro atoms. The number of fused-ring (bicyclic) bond motifs is 1. The van der Waals surface area contributed by atoms with Crippen LogP contribution in [0.4, 0.5) is 0 Å². The molecule has 7 heteroatoms. The van der Waals surface area contributed by atoms with Crippen LogP contribution in [0.25, 0.3) is 11.0 Å². The summed E-state index contributed by atoms with van der Waals surface area (Å²) in [6.45, 7) is 4.16. The van der Waals surface area contributed by atoms with Gasteiger partial charge in [-0.3, -0.25) is 9.69 Å². The Balaban J connectivity index is 1.46. The summed E-state index contributed by atoms with van der Waals surface area (Å²) in [5, 5.41) is 11.2. The molecule has 2 heterocycles. The number of ether oxygens (including phenoxy) is 1. The number of rotatable bonds is 4. The number of methoxy groups -OCH3 is 1. The summed E-state index contributed by atoms with van der Waals surface area (Å²) in [4.78, 5) is 16.9. The molecule has 0 bridgehead atoms. The highest BCUT2D eigenvalue weighted by Crippen LogP contribution is 2.29. The van der Waals surface area contributed by atoms with Crippen molar-refractivity contribution in [2.45, 2.75) is 13.0 Å². The number of piperazine rings is 1. The number of nitriles is 1. The van der Waals surface area contributed by atoms with Crippen LogP contribution in [0, 0.1) is 18.3 Å². The zero-order valence-electron chi connectivity index (χ0n) is 16.9. The van der Waals surface area contributed by atoms with Crippen LogP contribution in [0.2, 0.25) is 5.02 Å². The molecule has 0 aliphatic carbocycles. The number of hydrogen-bond acceptors (Lipinski definition) is 5. The van der Waals surface area contributed by atoms with Crippen molar-refractivity contribution in [3.05, 3.63) is 64.4 Å². The highest BCUT2D eigenvalue weighted by Gasteiger charge is 2.30. The fourth-order valence-corrected chi connectivity index (χ4v) is 4.05. The van der Waals surface area contributed by atoms with Crippen LogP contribution in [0.1, 0.15) is 27.7 Å². The number of hydrogen-bond donors (Lipinski definition) is 0. The summed E-state index contributed by atoms with van der Waals surface area (Å²) in [7, 11) is 1.62. The molecule has 0 saturated carbocycles. The van der Waals surface area contributed by atoms with Gasteiger partial charge in [0.1, 0.15) is 17.4 Å². The maximum Gasteiger partial charge on any atom is 0.289 e. The Morgan fingerprint density at radius 1 is 1.17 bits per heavy atom. The number of nitrogens with zero attached hydrogens (tertiary/aromatic N) is 3. The highest BCUT2D eigenvalue weighted by atomic mass is 35.5. The quantitative estimate of drug-likeness (QED) is 0.621. The first kappa shape index (κ1) is 20.3. The molecule has 2 aromatic carbocycles. The first-order valence-electron chi connectivity index (χ1n) is 9.77. The van der Waals surface area contributed by atoms with Gasteiger partial charge in [-0.1, -0.05) is 23.7 Å². The lowest BCUT2D eigenvalue weighted by Gasteiger charge is -2.36. The van der Waals surface area contributed by atoms with Crippen molar-refractivity contribution in [1.29, 1.82) is 5.26 Å². The minimum Gasteiger partial charge on any atom is -0.497 e. The Kier molecular flexibility index (Phi) is 5.67. The van der Waals surface area contributed by atoms with Gasteiger partial charge in [-0.15, -0.1) is 0 Å². The predicted octanol–water partition coefficient (Wildman–Crippen LogP) is 4.43. The van der Waals surface area contributed by atoms with Gasteiger partial charge in [0.25, 0.3) is 5.91 Å². The Bertz CT molecular complexity index is 1110. The molecule has 1 aliphatic heterocycles. The number of furan rings is 1. The molecular weight excluding hydrogens is 402 g/mol. The van der Waals surface area contributed by atoms with Gasteiger partial charge in [0.2, 0.25) is 0 Å². The van der Waals surface area contributed by atoms with Gasteiger partial charge >= 0.3 is 0 Å². The van der Waals surface area contributed by atoms with Gasteiger partial charge in [-0.05, 0) is 42.8 Å². The lowest BCUT2D eigenvalue weighted by Crippen LogP contribution is -2.49. The van der Waals surface area contributed by atoms with Gasteiger partial charge < -0.3 is 14.1 Å². The number of aryl methyl sites for hydroxylation is 1. The summed E-state index contributed by atoms with van der Waals surface area (Å²) in [5.41, 5.74) is 2.37. The molecule has 1 unspecified atom stereocenters. The molecule has 1 aromatic heterocycles. The SMILES string of the molecule is COc1ccc(C(C#N)N2CCN(C(=O)c3oc4ccc(Cl)cc4c3C)CC2)cc1. The minimum atomic E-state index is -0.358. The van der Waals surface area contributed by atoms with Crippen molar-refractivity contribution in [1.82, 2.24) is 9.80 Å². The average Bonchev–Trinajstić information content (AvgIpc) is 3.10. The molecular formula is C23H22ClN3O3. The van der Waals surface area contributed by atoms with Gasteiger partial charge in [-0.25, -0.2) is 0 Å². The molecule has 3 aromatic rings. The molecule has 1 saturated heterocycles. The first-order valence-corrected chi connectivity index (χ1v) is 10.1. The molecule has 1 aliphatic rings. The number of halogens is 1. The molecule has 4 rings (SSSR count). The maximum absolute atomic E-state index is 13.1. The van der Waals surface area contributed by atoms with Crippen LogP contribution in [-0.4, -0.2) is 49.0 Å². The Morgan fingerprint density at radius 3 is 2.50 bits per heavy atom. The summed E-state index contributed by atoms with van der Waals surface area (Å²) in [6, 6.07) is 14.9. The Labute approximate surface area is 180 Å². The largest absolute Gasteiger partial charge is 0.497 e. The lowest BCUT2D eigenvalue weighted by atomic mass is 10.1. The van der Waals surface area contributed by atoms with Crippen molar-refractivity contribution in [2.24, 2.45) is 0 Å². The van der Waals surface area contributed by atoms with E-state index in [4.69, 9.17) is 20.8 Å². The van der Waals surface area contributed by atoms with Crippen LogP contribution in [-0.2, 0) is 0 Å². The van der Waals surface area contributed by atoms with E-state index in [1.807, 2.05) is 37.3 Å². The van der Waals surface area contributed by atoms with Crippen molar-refractivity contribution in [3.63, 3.8) is 0 Å². The number of benzene rings is 2. The van der Waals surface area contributed by atoms with E-state index in [-0.39, 0.29) is 11.9 Å². The average molecular weight is 424 g/mol. The summed E-state index contributed by atoms with van der Waals surface area (Å²) < 4.78 is 11.0. The van der Waals surface area contributed by atoms with E-state index >= 15 is 0 Å². The van der Waals surface area contributed by atoms with E-state index in [0.29, 0.717) is 42.5 Å². The Hall–Kier alpha value is -3.01. The van der Waals surface area contributed by atoms with Gasteiger partial charge in [-0.2, -0.15) is 5.26 Å². The maximum atomic E-state index is 13.1. The first-order chi connectivity index (χ1) is 14.5. The van der Waals surface area contributed by atoms with Gasteiger partial charge in [0.05, 0.1) is 13.2 Å². The molecule has 1 fully saturated rings. The molecule has 1 amide bonds. The zero-order valence-corrected chi connectivity index (χ0v) is 17.6. The number of carbonyl (C=O) groups excluding carboxylic acids is 1. The minimum absolute atomic E-state index is 0.127. The van der Waals surface area contributed by atoms with Crippen LogP contribution in [0.15, 0.2) is 46.9 Å². The van der Waals surface area contributed by atoms with E-state index in [1.165, 1.54) is 0 Å². The summed E-state index contributed by atoms with van der Waals surface area (Å²) >= 11 is 6.08. The smallest absolute Gasteiger partial charge is 0.289 e. The van der Waals surface area contributed by atoms with Crippen LogP contribution in [0.3, 0.4) is 0 Å². The van der Waals surface area contributed by atoms with Crippen molar-refractivity contribution >= 4 is 28.5 Å². The molecule has 30 heavy (non-hydrogen) atoms. The zero-order chi connectivity index (χ0) is 21.3. The second kappa shape index (κ2) is 8.39. The monoisotopic (exact) mass is 423 g/mol. The third-order valence-electron chi connectivity index (χ3n) is 5.61. The number of carbonyl (C=O) groups is 1. The third kappa shape index (κ3) is 3.74. The van der Waals surface area contributed by atoms with E-state index in [2.05, 4.69) is 11.0 Å². The third-order valence-corrected chi connectivity index (χ3v) is 5.85. The predicted molar refractivity (Wildman–Crippen MR) is 115 cm³/mol. The standard InChI is InChI=1S/C23H22ClN3O3/c1-15-19-13-17(24)5-8-21(19)30-22(15)23(28)27-11-9-26(10-12-27)20(14-25)16-3-6-18(29-2)7-4-16/h3-8,13,20H,9-12H2,1-2H3. The molecule has 0 radical (unpaired) electrons. The molecule has 154 valence electrons. The van der Waals surface area contributed by atoms with Crippen LogP contribution >= 0.6 is 11.6 Å². The highest BCUT2D eigenvalue weighted by molar-refractivity contribution is 6.31. The van der Waals surface area contributed by atoms with Crippen LogP contribution < -0.4 is 4.74 Å². The van der Waals surface area contributed by atoms with E-state index < -0.39 is 0 Å². The van der Waals surface area contributed by atoms with Crippen molar-refractivity contribution in [3.8, 4) is 11.8 Å². The second-order valence-electron chi connectivity index (χ2n) is 7.33. The van der Waals surface area contributed by atoms with Crippen molar-refractivity contribution in [2.75, 3.05) is 33.3 Å². The van der Waals surface area contributed by atoms with E-state index in [1.54, 1.807) is 24.1 Å². The summed E-state index contributed by atoms with van der Waals surface area (Å²) in [6.07, 6.45) is 0. The van der Waals surface area contributed by atoms with Gasteiger partial charge in [0, 0.05) is 42.2 Å². The normalized spacial score (nSPS) is 15.7. The van der Waals surface area contributed by atoms with Crippen LogP contribution in [0.5, 0.6) is 5.75 Å². The fraction of sp³-hybridized carbons (Fsp3) is 0.304. The Morgan fingerprint density at radius 2 is 1.87 bits per heavy atom. The molecule has 1 atom stereocenters. The molecule has 6 nitrogen and oxygen atoms in total. The lowest BCUT2D eigenvalue weighted by molar-refractivity contribution is 0.0577. The van der Waals surface area contributed by atoms with E-state index in [0.717, 1.165) is 22.3 Å². The summed E-state index contributed by atoms with van der Waals surface area (Å²) in [5.74, 6) is 0.985. The fourth-order valence-electron chi connectivity index (χ4n) is 3.88. The molecule has 0 N–H and O–H groups in total. The van der Waals surface area contributed by atoms with E-state index in [9.17, 15) is 10.1 Å². The number of amides is 1. The topological polar surface area (TPSA) is 69.7 Å². The van der Waals surface area contributed by atoms with Crippen molar-refractivity contribution < 1.29 is 13.9 Å². The van der Waals surface area contributed by atoms with Gasteiger partial charge in [0.15, 0.2) is 5.76 Å².